The standard InChI is InChI=1S/C63H39N6O3P/c70-73(44-22-8-3-9-23-44)68(42-18-4-1-5-19-42)53-37-35-41(39-54(53)69(73)43-20-6-2-7-21-43)40-34-36-52-50(38-40)45-24-10-13-29-51(45)67(52)63-65-61(48-27-16-32-57-59(48)46-25-11-14-30-55(46)71-57)64-62(66-63)49-28-17-33-58-60(49)47-26-12-15-31-56(47)72-58/h1-39H. The third-order valence-corrected chi connectivity index (χ3v) is 17.1. The third-order valence-electron chi connectivity index (χ3n) is 14.2. The van der Waals surface area contributed by atoms with Crippen molar-refractivity contribution in [3.8, 4) is 39.9 Å². The van der Waals surface area contributed by atoms with Crippen LogP contribution in [0.1, 0.15) is 0 Å². The summed E-state index contributed by atoms with van der Waals surface area (Å²) in [6.45, 7) is 0. The second-order valence-electron chi connectivity index (χ2n) is 18.3. The summed E-state index contributed by atoms with van der Waals surface area (Å²) in [7, 11) is -3.55. The molecule has 0 bridgehead atoms. The molecule has 4 aromatic heterocycles. The minimum Gasteiger partial charge on any atom is -0.456 e. The number of para-hydroxylation sites is 5. The Labute approximate surface area is 418 Å². The second-order valence-corrected chi connectivity index (χ2v) is 20.7. The van der Waals surface area contributed by atoms with Gasteiger partial charge in [-0.15, -0.1) is 0 Å². The van der Waals surface area contributed by atoms with Crippen molar-refractivity contribution in [2.24, 2.45) is 0 Å². The monoisotopic (exact) mass is 958 g/mol. The van der Waals surface area contributed by atoms with E-state index in [9.17, 15) is 0 Å². The molecule has 0 amide bonds. The van der Waals surface area contributed by atoms with Gasteiger partial charge in [-0.2, -0.15) is 9.97 Å². The number of rotatable bonds is 7. The quantitative estimate of drug-likeness (QED) is 0.146. The summed E-state index contributed by atoms with van der Waals surface area (Å²) in [5.74, 6) is 1.51. The highest BCUT2D eigenvalue weighted by Crippen LogP contribution is 2.70. The predicted octanol–water partition coefficient (Wildman–Crippen LogP) is 16.6. The highest BCUT2D eigenvalue weighted by molar-refractivity contribution is 7.76. The van der Waals surface area contributed by atoms with Gasteiger partial charge in [-0.05, 0) is 102 Å². The van der Waals surface area contributed by atoms with Gasteiger partial charge in [-0.1, -0.05) is 146 Å². The molecule has 0 saturated heterocycles. The van der Waals surface area contributed by atoms with Gasteiger partial charge in [-0.25, -0.2) is 4.98 Å². The molecule has 0 radical (unpaired) electrons. The van der Waals surface area contributed by atoms with Gasteiger partial charge in [0.15, 0.2) is 11.6 Å². The Bertz CT molecular complexity index is 4440. The van der Waals surface area contributed by atoms with Gasteiger partial charge in [0.1, 0.15) is 22.3 Å². The van der Waals surface area contributed by atoms with Gasteiger partial charge < -0.3 is 8.83 Å². The first kappa shape index (κ1) is 41.2. The topological polar surface area (TPSA) is 93.4 Å². The molecule has 1 aliphatic heterocycles. The number of hydrogen-bond donors (Lipinski definition) is 0. The van der Waals surface area contributed by atoms with E-state index in [1.807, 2.05) is 161 Å². The van der Waals surface area contributed by atoms with Crippen LogP contribution in [0.5, 0.6) is 0 Å². The van der Waals surface area contributed by atoms with Crippen LogP contribution in [-0.2, 0) is 4.57 Å². The van der Waals surface area contributed by atoms with Gasteiger partial charge in [-0.3, -0.25) is 18.5 Å². The van der Waals surface area contributed by atoms with Gasteiger partial charge >= 0.3 is 7.44 Å². The molecule has 14 aromatic rings. The Morgan fingerprint density at radius 3 is 1.47 bits per heavy atom. The highest BCUT2D eigenvalue weighted by atomic mass is 31.2. The Hall–Kier alpha value is -9.56. The van der Waals surface area contributed by atoms with Crippen LogP contribution in [-0.4, -0.2) is 19.5 Å². The van der Waals surface area contributed by atoms with E-state index in [4.69, 9.17) is 23.8 Å². The first-order chi connectivity index (χ1) is 36.1. The van der Waals surface area contributed by atoms with Crippen LogP contribution >= 0.6 is 7.44 Å². The molecule has 344 valence electrons. The van der Waals surface area contributed by atoms with Gasteiger partial charge in [0, 0.05) is 54.8 Å². The largest absolute Gasteiger partial charge is 0.456 e. The number of nitrogens with zero attached hydrogens (tertiary/aromatic N) is 6. The molecule has 10 aromatic carbocycles. The maximum Gasteiger partial charge on any atom is 0.301 e. The molecule has 10 heteroatoms. The zero-order valence-corrected chi connectivity index (χ0v) is 39.8. The number of fused-ring (bicyclic) bond motifs is 10. The Morgan fingerprint density at radius 1 is 0.370 bits per heavy atom. The fraction of sp³-hybridized carbons (Fsp3) is 0. The predicted molar refractivity (Wildman–Crippen MR) is 296 cm³/mol. The van der Waals surface area contributed by atoms with Gasteiger partial charge in [0.2, 0.25) is 5.95 Å². The summed E-state index contributed by atoms with van der Waals surface area (Å²) in [6.07, 6.45) is 0. The molecule has 1 aliphatic rings. The summed E-state index contributed by atoms with van der Waals surface area (Å²) in [4.78, 5) is 16.1. The lowest BCUT2D eigenvalue weighted by molar-refractivity contribution is 0.582. The Morgan fingerprint density at radius 2 is 0.849 bits per heavy atom. The van der Waals surface area contributed by atoms with Crippen molar-refractivity contribution in [3.05, 3.63) is 237 Å². The lowest BCUT2D eigenvalue weighted by Crippen LogP contribution is -2.26. The smallest absolute Gasteiger partial charge is 0.301 e. The van der Waals surface area contributed by atoms with Crippen LogP contribution in [0.25, 0.3) is 106 Å². The Balaban J connectivity index is 0.945. The number of furan rings is 2. The van der Waals surface area contributed by atoms with Crippen molar-refractivity contribution in [1.82, 2.24) is 19.5 Å². The molecular formula is C63H39N6O3P. The molecule has 5 heterocycles. The van der Waals surface area contributed by atoms with E-state index in [0.29, 0.717) is 17.6 Å². The van der Waals surface area contributed by atoms with Crippen molar-refractivity contribution >= 4 is 101 Å². The lowest BCUT2D eigenvalue weighted by atomic mass is 10.0. The summed E-state index contributed by atoms with van der Waals surface area (Å²) in [5.41, 5.74) is 12.1. The number of aromatic nitrogens is 4. The van der Waals surface area contributed by atoms with Crippen LogP contribution in [0.2, 0.25) is 0 Å². The van der Waals surface area contributed by atoms with E-state index in [1.54, 1.807) is 0 Å². The zero-order chi connectivity index (χ0) is 48.2. The van der Waals surface area contributed by atoms with Crippen molar-refractivity contribution < 1.29 is 13.4 Å². The summed E-state index contributed by atoms with van der Waals surface area (Å²) < 4.78 is 35.3. The molecule has 0 fully saturated rings. The average Bonchev–Trinajstić information content (AvgIpc) is 4.20. The van der Waals surface area contributed by atoms with Gasteiger partial charge in [0.05, 0.1) is 27.7 Å². The van der Waals surface area contributed by atoms with Crippen molar-refractivity contribution in [1.29, 1.82) is 0 Å². The first-order valence-electron chi connectivity index (χ1n) is 24.2. The number of benzene rings is 10. The molecule has 0 aliphatic carbocycles. The lowest BCUT2D eigenvalue weighted by Gasteiger charge is -2.33. The molecule has 1 unspecified atom stereocenters. The fourth-order valence-corrected chi connectivity index (χ4v) is 14.0. The van der Waals surface area contributed by atoms with E-state index < -0.39 is 7.44 Å². The van der Waals surface area contributed by atoms with Gasteiger partial charge in [0.25, 0.3) is 0 Å². The SMILES string of the molecule is O=P1(c2ccccc2)N(c2ccccc2)c2ccc(-c3ccc4c(c3)c3ccccc3n4-c3nc(-c4cccc5oc6ccccc6c45)nc(-c4cccc5oc6ccccc6c45)n3)cc2N1c1ccccc1. The average molecular weight is 959 g/mol. The van der Waals surface area contributed by atoms with Crippen molar-refractivity contribution in [3.63, 3.8) is 0 Å². The molecule has 0 spiro atoms. The van der Waals surface area contributed by atoms with E-state index in [0.717, 1.165) is 116 Å². The molecule has 0 saturated carbocycles. The number of anilines is 4. The summed E-state index contributed by atoms with van der Waals surface area (Å²) in [6, 6.07) is 79.7. The minimum atomic E-state index is -3.55. The highest BCUT2D eigenvalue weighted by Gasteiger charge is 2.49. The van der Waals surface area contributed by atoms with Crippen molar-refractivity contribution in [2.75, 3.05) is 9.34 Å². The van der Waals surface area contributed by atoms with Crippen LogP contribution in [0, 0.1) is 0 Å². The maximum atomic E-state index is 16.3. The molecule has 9 nitrogen and oxygen atoms in total. The van der Waals surface area contributed by atoms with Crippen LogP contribution in [0.4, 0.5) is 22.7 Å². The van der Waals surface area contributed by atoms with E-state index in [-0.39, 0.29) is 0 Å². The fourth-order valence-electron chi connectivity index (χ4n) is 11.0. The minimum absolute atomic E-state index is 0.474. The third kappa shape index (κ3) is 6.22. The molecule has 1 atom stereocenters. The molecule has 73 heavy (non-hydrogen) atoms. The van der Waals surface area contributed by atoms with Crippen LogP contribution < -0.4 is 14.6 Å². The second kappa shape index (κ2) is 16.0. The molecular weight excluding hydrogens is 920 g/mol. The molecule has 0 N–H and O–H groups in total. The zero-order valence-electron chi connectivity index (χ0n) is 38.9. The van der Waals surface area contributed by atoms with E-state index in [1.165, 1.54) is 0 Å². The summed E-state index contributed by atoms with van der Waals surface area (Å²) in [5, 5.41) is 6.66. The van der Waals surface area contributed by atoms with Crippen molar-refractivity contribution in [2.45, 2.75) is 0 Å². The summed E-state index contributed by atoms with van der Waals surface area (Å²) >= 11 is 0. The number of hydrogen-bond acceptors (Lipinski definition) is 6. The van der Waals surface area contributed by atoms with Crippen LogP contribution in [0.3, 0.4) is 0 Å². The molecule has 15 rings (SSSR count). The van der Waals surface area contributed by atoms with Crippen LogP contribution in [0.15, 0.2) is 245 Å². The van der Waals surface area contributed by atoms with E-state index >= 15 is 4.57 Å². The first-order valence-corrected chi connectivity index (χ1v) is 25.8. The maximum absolute atomic E-state index is 16.3. The Kier molecular flexibility index (Phi) is 9.03. The normalized spacial score (nSPS) is 14.6. The van der Waals surface area contributed by atoms with E-state index in [2.05, 4.69) is 89.5 Å².